The first kappa shape index (κ1) is 21.0. The van der Waals surface area contributed by atoms with E-state index in [1.165, 1.54) is 12.1 Å². The van der Waals surface area contributed by atoms with E-state index in [-0.39, 0.29) is 23.8 Å². The Balaban J connectivity index is 1.92. The van der Waals surface area contributed by atoms with Gasteiger partial charge >= 0.3 is 6.18 Å². The number of nitrogens with two attached hydrogens (primary N) is 1. The van der Waals surface area contributed by atoms with Crippen LogP contribution in [-0.4, -0.2) is 24.5 Å². The highest BCUT2D eigenvalue weighted by molar-refractivity contribution is 5.82. The van der Waals surface area contributed by atoms with Gasteiger partial charge in [-0.2, -0.15) is 13.2 Å². The molecule has 0 spiro atoms. The number of amides is 1. The van der Waals surface area contributed by atoms with E-state index < -0.39 is 17.8 Å². The number of hydrogen-bond acceptors (Lipinski definition) is 3. The molecule has 1 aliphatic rings. The largest absolute Gasteiger partial charge is 0.416 e. The van der Waals surface area contributed by atoms with Gasteiger partial charge in [-0.15, -0.1) is 0 Å². The Bertz CT molecular complexity index is 681. The molecule has 0 heterocycles. The van der Waals surface area contributed by atoms with Crippen LogP contribution in [0.4, 0.5) is 18.9 Å². The fourth-order valence-corrected chi connectivity index (χ4v) is 2.81. The van der Waals surface area contributed by atoms with Gasteiger partial charge in [0.05, 0.1) is 11.6 Å². The number of carbonyl (C=O) groups is 1. The highest BCUT2D eigenvalue weighted by atomic mass is 19.4. The highest BCUT2D eigenvalue weighted by Crippen LogP contribution is 2.30. The zero-order valence-electron chi connectivity index (χ0n) is 15.5. The molecule has 0 saturated heterocycles. The van der Waals surface area contributed by atoms with Crippen molar-refractivity contribution >= 4 is 11.6 Å². The molecule has 7 heteroatoms. The number of allylic oxidation sites excluding steroid dienone is 3. The number of halogens is 3. The number of rotatable bonds is 7. The second kappa shape index (κ2) is 9.08. The van der Waals surface area contributed by atoms with E-state index in [4.69, 9.17) is 5.73 Å². The molecule has 1 aromatic carbocycles. The van der Waals surface area contributed by atoms with Gasteiger partial charge in [0.1, 0.15) is 0 Å². The topological polar surface area (TPSA) is 67.2 Å². The van der Waals surface area contributed by atoms with Crippen LogP contribution in [0, 0.1) is 11.8 Å². The number of alkyl halides is 3. The lowest BCUT2D eigenvalue weighted by atomic mass is 9.92. The van der Waals surface area contributed by atoms with Gasteiger partial charge in [-0.05, 0) is 36.6 Å². The molecular weight excluding hydrogens is 355 g/mol. The Hall–Kier alpha value is -2.28. The van der Waals surface area contributed by atoms with Gasteiger partial charge in [0.25, 0.3) is 0 Å². The molecule has 0 aromatic heterocycles. The molecule has 0 radical (unpaired) electrons. The zero-order chi connectivity index (χ0) is 20.0. The average molecular weight is 381 g/mol. The third-order valence-electron chi connectivity index (χ3n) is 4.64. The predicted octanol–water partition coefficient (Wildman–Crippen LogP) is 3.72. The Labute approximate surface area is 157 Å². The third-order valence-corrected chi connectivity index (χ3v) is 4.64. The molecule has 1 aromatic rings. The molecule has 148 valence electrons. The first-order valence-corrected chi connectivity index (χ1v) is 8.99. The fraction of sp³-hybridized carbons (Fsp3) is 0.450. The lowest BCUT2D eigenvalue weighted by molar-refractivity contribution is -0.137. The first-order chi connectivity index (χ1) is 12.7. The summed E-state index contributed by atoms with van der Waals surface area (Å²) in [5.41, 5.74) is 5.92. The Morgan fingerprint density at radius 1 is 1.22 bits per heavy atom. The monoisotopic (exact) mass is 381 g/mol. The van der Waals surface area contributed by atoms with Crippen molar-refractivity contribution in [2.45, 2.75) is 38.5 Å². The first-order valence-electron chi connectivity index (χ1n) is 8.99. The van der Waals surface area contributed by atoms with Crippen LogP contribution in [0.3, 0.4) is 0 Å². The second-order valence-corrected chi connectivity index (χ2v) is 7.05. The number of nitrogens with one attached hydrogen (secondary N) is 2. The van der Waals surface area contributed by atoms with Crippen LogP contribution in [-0.2, 0) is 11.0 Å². The van der Waals surface area contributed by atoms with Gasteiger partial charge in [0.2, 0.25) is 5.91 Å². The normalized spacial score (nSPS) is 19.0. The highest BCUT2D eigenvalue weighted by Gasteiger charge is 2.30. The van der Waals surface area contributed by atoms with Crippen LogP contribution in [0.5, 0.6) is 0 Å². The molecule has 0 aliphatic heterocycles. The molecule has 3 atom stereocenters. The van der Waals surface area contributed by atoms with Gasteiger partial charge in [-0.3, -0.25) is 4.79 Å². The molecule has 27 heavy (non-hydrogen) atoms. The van der Waals surface area contributed by atoms with Crippen LogP contribution in [0.1, 0.15) is 25.8 Å². The SMILES string of the molecule is CC(C)[C@H](CNC(=O)[C@H](N)C1C=CC=CC1)Nc1ccc(C(F)(F)F)cc1. The Morgan fingerprint density at radius 2 is 1.89 bits per heavy atom. The van der Waals surface area contributed by atoms with Crippen LogP contribution in [0.2, 0.25) is 0 Å². The number of benzene rings is 1. The predicted molar refractivity (Wildman–Crippen MR) is 101 cm³/mol. The van der Waals surface area contributed by atoms with Crippen LogP contribution < -0.4 is 16.4 Å². The third kappa shape index (κ3) is 6.13. The standard InChI is InChI=1S/C20H26F3N3O/c1-13(2)17(26-16-10-8-15(9-11-16)20(21,22)23)12-25-19(27)18(24)14-6-4-3-5-7-14/h3-6,8-11,13-14,17-18,26H,7,12,24H2,1-2H3,(H,25,27)/t14?,17-,18+/m0/s1. The molecule has 0 fully saturated rings. The summed E-state index contributed by atoms with van der Waals surface area (Å²) in [6, 6.07) is 4.09. The van der Waals surface area contributed by atoms with Gasteiger partial charge in [-0.1, -0.05) is 38.2 Å². The molecule has 1 unspecified atom stereocenters. The lowest BCUT2D eigenvalue weighted by Crippen LogP contribution is -2.49. The molecule has 0 bridgehead atoms. The Morgan fingerprint density at radius 3 is 2.41 bits per heavy atom. The minimum absolute atomic E-state index is 0.0321. The Kier molecular flexibility index (Phi) is 7.07. The smallest absolute Gasteiger partial charge is 0.380 e. The lowest BCUT2D eigenvalue weighted by Gasteiger charge is -2.26. The molecule has 4 nitrogen and oxygen atoms in total. The van der Waals surface area contributed by atoms with Crippen LogP contribution >= 0.6 is 0 Å². The van der Waals surface area contributed by atoms with Crippen LogP contribution in [0.25, 0.3) is 0 Å². The summed E-state index contributed by atoms with van der Waals surface area (Å²) in [5.74, 6) is -0.114. The number of carbonyl (C=O) groups excluding carboxylic acids is 1. The zero-order valence-corrected chi connectivity index (χ0v) is 15.5. The van der Waals surface area contributed by atoms with E-state index in [1.807, 2.05) is 38.2 Å². The quantitative estimate of drug-likeness (QED) is 0.674. The van der Waals surface area contributed by atoms with Gasteiger partial charge in [-0.25, -0.2) is 0 Å². The van der Waals surface area contributed by atoms with Gasteiger partial charge < -0.3 is 16.4 Å². The van der Waals surface area contributed by atoms with Gasteiger partial charge in [0, 0.05) is 24.2 Å². The van der Waals surface area contributed by atoms with Crippen molar-refractivity contribution in [3.63, 3.8) is 0 Å². The summed E-state index contributed by atoms with van der Waals surface area (Å²) in [5, 5.41) is 6.04. The van der Waals surface area contributed by atoms with E-state index in [0.717, 1.165) is 18.6 Å². The van der Waals surface area contributed by atoms with Gasteiger partial charge in [0.15, 0.2) is 0 Å². The maximum atomic E-state index is 12.7. The molecule has 4 N–H and O–H groups in total. The maximum Gasteiger partial charge on any atom is 0.416 e. The van der Waals surface area contributed by atoms with Crippen molar-refractivity contribution in [2.24, 2.45) is 17.6 Å². The molecule has 0 saturated carbocycles. The van der Waals surface area contributed by atoms with Crippen molar-refractivity contribution in [2.75, 3.05) is 11.9 Å². The molecule has 1 aliphatic carbocycles. The summed E-state index contributed by atoms with van der Waals surface area (Å²) >= 11 is 0. The summed E-state index contributed by atoms with van der Waals surface area (Å²) in [6.45, 7) is 4.28. The minimum atomic E-state index is -4.36. The average Bonchev–Trinajstić information content (AvgIpc) is 2.64. The van der Waals surface area contributed by atoms with E-state index in [9.17, 15) is 18.0 Å². The summed E-state index contributed by atoms with van der Waals surface area (Å²) < 4.78 is 38.0. The summed E-state index contributed by atoms with van der Waals surface area (Å²) in [7, 11) is 0. The number of anilines is 1. The van der Waals surface area contributed by atoms with E-state index in [1.54, 1.807) is 0 Å². The van der Waals surface area contributed by atoms with Crippen molar-refractivity contribution in [1.29, 1.82) is 0 Å². The minimum Gasteiger partial charge on any atom is -0.380 e. The second-order valence-electron chi connectivity index (χ2n) is 7.05. The van der Waals surface area contributed by atoms with E-state index in [2.05, 4.69) is 10.6 Å². The maximum absolute atomic E-state index is 12.7. The number of hydrogen-bond donors (Lipinski definition) is 3. The van der Waals surface area contributed by atoms with E-state index >= 15 is 0 Å². The van der Waals surface area contributed by atoms with E-state index in [0.29, 0.717) is 12.2 Å². The van der Waals surface area contributed by atoms with Crippen molar-refractivity contribution < 1.29 is 18.0 Å². The summed E-state index contributed by atoms with van der Waals surface area (Å²) in [6.07, 6.45) is 4.06. The van der Waals surface area contributed by atoms with Crippen molar-refractivity contribution in [3.05, 3.63) is 54.1 Å². The molecular formula is C20H26F3N3O. The fourth-order valence-electron chi connectivity index (χ4n) is 2.81. The van der Waals surface area contributed by atoms with Crippen LogP contribution in [0.15, 0.2) is 48.6 Å². The molecule has 1 amide bonds. The van der Waals surface area contributed by atoms with Crippen molar-refractivity contribution in [1.82, 2.24) is 5.32 Å². The molecule has 2 rings (SSSR count). The van der Waals surface area contributed by atoms with Crippen molar-refractivity contribution in [3.8, 4) is 0 Å². The summed E-state index contributed by atoms with van der Waals surface area (Å²) in [4.78, 5) is 12.3.